The molecule has 0 aliphatic rings. The maximum absolute atomic E-state index is 8.97. The largest absolute Gasteiger partial charge is 0.396 e. The van der Waals surface area contributed by atoms with E-state index in [1.807, 2.05) is 12.1 Å². The van der Waals surface area contributed by atoms with E-state index in [1.165, 1.54) is 11.3 Å². The van der Waals surface area contributed by atoms with Crippen molar-refractivity contribution in [1.82, 2.24) is 10.2 Å². The highest BCUT2D eigenvalue weighted by Gasteiger charge is 2.15. The third kappa shape index (κ3) is 2.05. The van der Waals surface area contributed by atoms with Gasteiger partial charge in [0.15, 0.2) is 0 Å². The van der Waals surface area contributed by atoms with Crippen molar-refractivity contribution in [3.8, 4) is 12.1 Å². The lowest BCUT2D eigenvalue weighted by molar-refractivity contribution is 1.09. The predicted octanol–water partition coefficient (Wildman–Crippen LogP) is 1.41. The van der Waals surface area contributed by atoms with Crippen molar-refractivity contribution in [1.29, 1.82) is 10.5 Å². The van der Waals surface area contributed by atoms with Crippen LogP contribution in [-0.2, 0) is 6.54 Å². The van der Waals surface area contributed by atoms with E-state index in [9.17, 15) is 0 Å². The number of nitrogens with one attached hydrogen (secondary N) is 2. The molecule has 0 bridgehead atoms. The van der Waals surface area contributed by atoms with Crippen LogP contribution in [0.1, 0.15) is 16.0 Å². The molecule has 6 nitrogen and oxygen atoms in total. The number of thiophene rings is 1. The number of aromatic amines is 1. The SMILES string of the molecule is N#Cc1sc(NCc2cn[nH]c2)c(C#N)c1N. The number of anilines is 2. The summed E-state index contributed by atoms with van der Waals surface area (Å²) in [6.45, 7) is 0.524. The molecule has 0 spiro atoms. The summed E-state index contributed by atoms with van der Waals surface area (Å²) in [6.07, 6.45) is 3.43. The van der Waals surface area contributed by atoms with Crippen LogP contribution in [0.5, 0.6) is 0 Å². The Morgan fingerprint density at radius 3 is 2.88 bits per heavy atom. The monoisotopic (exact) mass is 244 g/mol. The minimum atomic E-state index is 0.245. The van der Waals surface area contributed by atoms with Gasteiger partial charge in [-0.3, -0.25) is 5.10 Å². The number of H-pyrrole nitrogens is 1. The molecule has 2 aromatic rings. The summed E-state index contributed by atoms with van der Waals surface area (Å²) in [6, 6.07) is 3.96. The average Bonchev–Trinajstić information content (AvgIpc) is 2.94. The molecule has 0 aliphatic carbocycles. The Balaban J connectivity index is 2.22. The zero-order valence-electron chi connectivity index (χ0n) is 8.69. The van der Waals surface area contributed by atoms with Gasteiger partial charge in [0.05, 0.1) is 11.9 Å². The molecular formula is C10H8N6S. The Morgan fingerprint density at radius 2 is 2.29 bits per heavy atom. The Bertz CT molecular complexity index is 598. The van der Waals surface area contributed by atoms with Gasteiger partial charge in [0.1, 0.15) is 27.6 Å². The van der Waals surface area contributed by atoms with Gasteiger partial charge >= 0.3 is 0 Å². The molecule has 0 aromatic carbocycles. The first kappa shape index (κ1) is 11.0. The number of rotatable bonds is 3. The van der Waals surface area contributed by atoms with Crippen LogP contribution in [0.4, 0.5) is 10.7 Å². The molecule has 0 saturated heterocycles. The van der Waals surface area contributed by atoms with Gasteiger partial charge in [-0.15, -0.1) is 11.3 Å². The van der Waals surface area contributed by atoms with E-state index in [4.69, 9.17) is 16.3 Å². The maximum Gasteiger partial charge on any atom is 0.131 e. The standard InChI is InChI=1S/C10H8N6S/c11-1-7-9(13)8(2-12)17-10(7)14-3-6-4-15-16-5-6/h4-5,14H,3,13H2,(H,15,16). The van der Waals surface area contributed by atoms with Crippen LogP contribution in [0, 0.1) is 22.7 Å². The number of nitriles is 2. The molecule has 0 aliphatic heterocycles. The van der Waals surface area contributed by atoms with E-state index < -0.39 is 0 Å². The highest BCUT2D eigenvalue weighted by molar-refractivity contribution is 7.17. The van der Waals surface area contributed by atoms with Crippen molar-refractivity contribution >= 4 is 22.0 Å². The van der Waals surface area contributed by atoms with Crippen molar-refractivity contribution in [2.45, 2.75) is 6.54 Å². The molecule has 0 atom stereocenters. The van der Waals surface area contributed by atoms with Crippen molar-refractivity contribution < 1.29 is 0 Å². The zero-order chi connectivity index (χ0) is 12.3. The highest BCUT2D eigenvalue weighted by atomic mass is 32.1. The Morgan fingerprint density at radius 1 is 1.47 bits per heavy atom. The molecule has 0 unspecified atom stereocenters. The van der Waals surface area contributed by atoms with E-state index in [-0.39, 0.29) is 5.69 Å². The van der Waals surface area contributed by atoms with Gasteiger partial charge in [0.2, 0.25) is 0 Å². The highest BCUT2D eigenvalue weighted by Crippen LogP contribution is 2.34. The lowest BCUT2D eigenvalue weighted by Gasteiger charge is -2.01. The predicted molar refractivity (Wildman–Crippen MR) is 64.1 cm³/mol. The van der Waals surface area contributed by atoms with Crippen LogP contribution in [0.3, 0.4) is 0 Å². The van der Waals surface area contributed by atoms with Crippen molar-refractivity contribution in [2.75, 3.05) is 11.1 Å². The molecule has 84 valence electrons. The van der Waals surface area contributed by atoms with Gasteiger partial charge < -0.3 is 11.1 Å². The van der Waals surface area contributed by atoms with Crippen LogP contribution in [0.2, 0.25) is 0 Å². The molecular weight excluding hydrogens is 236 g/mol. The number of nitrogen functional groups attached to an aromatic ring is 1. The number of aromatic nitrogens is 2. The fourth-order valence-corrected chi connectivity index (χ4v) is 2.18. The third-order valence-corrected chi connectivity index (χ3v) is 3.23. The van der Waals surface area contributed by atoms with Crippen molar-refractivity contribution in [3.63, 3.8) is 0 Å². The van der Waals surface area contributed by atoms with E-state index in [0.29, 0.717) is 22.0 Å². The molecule has 4 N–H and O–H groups in total. The fraction of sp³-hybridized carbons (Fsp3) is 0.100. The minimum Gasteiger partial charge on any atom is -0.396 e. The minimum absolute atomic E-state index is 0.245. The maximum atomic E-state index is 8.97. The molecule has 17 heavy (non-hydrogen) atoms. The van der Waals surface area contributed by atoms with E-state index in [1.54, 1.807) is 12.4 Å². The summed E-state index contributed by atoms with van der Waals surface area (Å²) in [5.41, 5.74) is 7.21. The summed E-state index contributed by atoms with van der Waals surface area (Å²) in [5.74, 6) is 0. The first-order valence-electron chi connectivity index (χ1n) is 4.70. The molecule has 0 fully saturated rings. The first-order valence-corrected chi connectivity index (χ1v) is 5.52. The molecule has 2 heterocycles. The number of hydrogen-bond acceptors (Lipinski definition) is 6. The molecule has 2 aromatic heterocycles. The van der Waals surface area contributed by atoms with Gasteiger partial charge in [-0.1, -0.05) is 0 Å². The van der Waals surface area contributed by atoms with E-state index in [2.05, 4.69) is 15.5 Å². The van der Waals surface area contributed by atoms with Crippen LogP contribution in [-0.4, -0.2) is 10.2 Å². The number of nitrogens with zero attached hydrogens (tertiary/aromatic N) is 3. The van der Waals surface area contributed by atoms with Crippen LogP contribution >= 0.6 is 11.3 Å². The normalized spacial score (nSPS) is 9.53. The van der Waals surface area contributed by atoms with E-state index >= 15 is 0 Å². The van der Waals surface area contributed by atoms with Crippen LogP contribution in [0.15, 0.2) is 12.4 Å². The zero-order valence-corrected chi connectivity index (χ0v) is 9.51. The van der Waals surface area contributed by atoms with Gasteiger partial charge in [-0.25, -0.2) is 0 Å². The van der Waals surface area contributed by atoms with Crippen molar-refractivity contribution in [2.24, 2.45) is 0 Å². The van der Waals surface area contributed by atoms with Gasteiger partial charge in [0.25, 0.3) is 0 Å². The molecule has 0 saturated carbocycles. The van der Waals surface area contributed by atoms with Crippen molar-refractivity contribution in [3.05, 3.63) is 28.4 Å². The lowest BCUT2D eigenvalue weighted by atomic mass is 10.2. The second kappa shape index (κ2) is 4.56. The Hall–Kier alpha value is -2.51. The molecule has 0 radical (unpaired) electrons. The fourth-order valence-electron chi connectivity index (χ4n) is 1.32. The second-order valence-corrected chi connectivity index (χ2v) is 4.25. The summed E-state index contributed by atoms with van der Waals surface area (Å²) in [7, 11) is 0. The van der Waals surface area contributed by atoms with Gasteiger partial charge in [-0.2, -0.15) is 15.6 Å². The second-order valence-electron chi connectivity index (χ2n) is 3.23. The van der Waals surface area contributed by atoms with Crippen LogP contribution in [0.25, 0.3) is 0 Å². The average molecular weight is 244 g/mol. The molecule has 0 amide bonds. The first-order chi connectivity index (χ1) is 8.26. The van der Waals surface area contributed by atoms with Gasteiger partial charge in [-0.05, 0) is 0 Å². The Labute approximate surface area is 101 Å². The summed E-state index contributed by atoms with van der Waals surface area (Å²) < 4.78 is 0. The van der Waals surface area contributed by atoms with Gasteiger partial charge in [0, 0.05) is 18.3 Å². The third-order valence-electron chi connectivity index (χ3n) is 2.17. The topological polar surface area (TPSA) is 114 Å². The summed E-state index contributed by atoms with van der Waals surface area (Å²) in [4.78, 5) is 0.358. The number of hydrogen-bond donors (Lipinski definition) is 3. The van der Waals surface area contributed by atoms with E-state index in [0.717, 1.165) is 5.56 Å². The molecule has 2 rings (SSSR count). The van der Waals surface area contributed by atoms with Crippen LogP contribution < -0.4 is 11.1 Å². The lowest BCUT2D eigenvalue weighted by Crippen LogP contribution is -1.98. The summed E-state index contributed by atoms with van der Waals surface area (Å²) in [5, 5.41) is 28.0. The Kier molecular flexibility index (Phi) is 2.95. The summed E-state index contributed by atoms with van der Waals surface area (Å²) >= 11 is 1.18. The quantitative estimate of drug-likeness (QED) is 0.755. The number of nitrogens with two attached hydrogens (primary N) is 1. The smallest absolute Gasteiger partial charge is 0.131 e. The molecule has 7 heteroatoms.